The normalized spacial score (nSPS) is 21.8. The molecule has 0 amide bonds. The third kappa shape index (κ3) is 1.56. The van der Waals surface area contributed by atoms with Gasteiger partial charge in [0.25, 0.3) is 0 Å². The van der Waals surface area contributed by atoms with Crippen molar-refractivity contribution in [2.24, 2.45) is 0 Å². The molecular formula is C14H19NO3. The van der Waals surface area contributed by atoms with Crippen molar-refractivity contribution in [1.82, 2.24) is 4.90 Å². The lowest BCUT2D eigenvalue weighted by Crippen LogP contribution is -2.33. The SMILES string of the molecule is CCN1CCc2cc(OC)c3c(c2C1C)OCO3. The lowest BCUT2D eigenvalue weighted by atomic mass is 9.92. The number of ether oxygens (including phenoxy) is 3. The van der Waals surface area contributed by atoms with E-state index < -0.39 is 0 Å². The van der Waals surface area contributed by atoms with Crippen LogP contribution in [0.1, 0.15) is 31.0 Å². The molecule has 1 atom stereocenters. The maximum atomic E-state index is 5.67. The zero-order valence-electron chi connectivity index (χ0n) is 11.2. The minimum Gasteiger partial charge on any atom is -0.493 e. The van der Waals surface area contributed by atoms with Crippen LogP contribution in [0.5, 0.6) is 17.2 Å². The summed E-state index contributed by atoms with van der Waals surface area (Å²) >= 11 is 0. The van der Waals surface area contributed by atoms with Crippen LogP contribution in [-0.4, -0.2) is 31.9 Å². The summed E-state index contributed by atoms with van der Waals surface area (Å²) in [6, 6.07) is 2.48. The molecule has 0 bridgehead atoms. The molecule has 1 aromatic rings. The van der Waals surface area contributed by atoms with E-state index in [2.05, 4.69) is 24.8 Å². The number of fused-ring (bicyclic) bond motifs is 3. The Kier molecular flexibility index (Phi) is 2.82. The van der Waals surface area contributed by atoms with E-state index in [1.807, 2.05) is 0 Å². The summed E-state index contributed by atoms with van der Waals surface area (Å²) in [5.74, 6) is 2.44. The highest BCUT2D eigenvalue weighted by molar-refractivity contribution is 5.61. The van der Waals surface area contributed by atoms with Crippen LogP contribution in [0.15, 0.2) is 6.07 Å². The number of nitrogens with zero attached hydrogens (tertiary/aromatic N) is 1. The summed E-state index contributed by atoms with van der Waals surface area (Å²) in [5, 5.41) is 0. The van der Waals surface area contributed by atoms with Crippen LogP contribution in [0.3, 0.4) is 0 Å². The molecule has 1 unspecified atom stereocenters. The molecule has 0 saturated carbocycles. The Morgan fingerprint density at radius 1 is 1.39 bits per heavy atom. The van der Waals surface area contributed by atoms with E-state index in [1.165, 1.54) is 11.1 Å². The van der Waals surface area contributed by atoms with Crippen LogP contribution in [0.2, 0.25) is 0 Å². The Bertz CT molecular complexity index is 473. The predicted octanol–water partition coefficient (Wildman–Crippen LogP) is 2.36. The van der Waals surface area contributed by atoms with Crippen LogP contribution < -0.4 is 14.2 Å². The second-order valence-electron chi connectivity index (χ2n) is 4.77. The molecule has 0 N–H and O–H groups in total. The topological polar surface area (TPSA) is 30.9 Å². The summed E-state index contributed by atoms with van der Waals surface area (Å²) in [7, 11) is 1.67. The average Bonchev–Trinajstić information content (AvgIpc) is 2.87. The number of hydrogen-bond donors (Lipinski definition) is 0. The number of rotatable bonds is 2. The van der Waals surface area contributed by atoms with Gasteiger partial charge in [-0.1, -0.05) is 6.92 Å². The summed E-state index contributed by atoms with van der Waals surface area (Å²) in [6.45, 7) is 6.87. The fourth-order valence-electron chi connectivity index (χ4n) is 3.00. The Morgan fingerprint density at radius 3 is 2.89 bits per heavy atom. The van der Waals surface area contributed by atoms with E-state index in [4.69, 9.17) is 14.2 Å². The molecule has 18 heavy (non-hydrogen) atoms. The van der Waals surface area contributed by atoms with E-state index >= 15 is 0 Å². The molecule has 2 aliphatic heterocycles. The molecule has 0 saturated heterocycles. The minimum absolute atomic E-state index is 0.293. The molecule has 0 aliphatic carbocycles. The molecule has 4 heteroatoms. The largest absolute Gasteiger partial charge is 0.493 e. The smallest absolute Gasteiger partial charge is 0.231 e. The highest BCUT2D eigenvalue weighted by Gasteiger charge is 2.32. The Balaban J connectivity index is 2.14. The van der Waals surface area contributed by atoms with Crippen molar-refractivity contribution in [2.75, 3.05) is 27.0 Å². The standard InChI is InChI=1S/C14H19NO3/c1-4-15-6-5-10-7-11(16-3)13-14(18-8-17-13)12(10)9(15)2/h7,9H,4-6,8H2,1-3H3. The van der Waals surface area contributed by atoms with Crippen molar-refractivity contribution in [3.8, 4) is 17.2 Å². The molecule has 2 aliphatic rings. The predicted molar refractivity (Wildman–Crippen MR) is 68.5 cm³/mol. The molecule has 2 heterocycles. The molecule has 3 rings (SSSR count). The second kappa shape index (κ2) is 4.35. The lowest BCUT2D eigenvalue weighted by Gasteiger charge is -2.35. The van der Waals surface area contributed by atoms with Gasteiger partial charge < -0.3 is 14.2 Å². The van der Waals surface area contributed by atoms with Crippen molar-refractivity contribution < 1.29 is 14.2 Å². The summed E-state index contributed by atoms with van der Waals surface area (Å²) in [4.78, 5) is 2.46. The van der Waals surface area contributed by atoms with Gasteiger partial charge in [-0.15, -0.1) is 0 Å². The van der Waals surface area contributed by atoms with Gasteiger partial charge in [0, 0.05) is 18.2 Å². The van der Waals surface area contributed by atoms with Gasteiger partial charge in [0.05, 0.1) is 7.11 Å². The van der Waals surface area contributed by atoms with Gasteiger partial charge in [-0.3, -0.25) is 4.90 Å². The van der Waals surface area contributed by atoms with Crippen molar-refractivity contribution in [3.05, 3.63) is 17.2 Å². The first-order valence-corrected chi connectivity index (χ1v) is 6.49. The van der Waals surface area contributed by atoms with Gasteiger partial charge in [0.1, 0.15) is 0 Å². The molecule has 0 aromatic heterocycles. The number of benzene rings is 1. The molecule has 98 valence electrons. The Morgan fingerprint density at radius 2 is 2.17 bits per heavy atom. The Labute approximate surface area is 107 Å². The molecule has 0 spiro atoms. The first kappa shape index (κ1) is 11.7. The number of methoxy groups -OCH3 is 1. The van der Waals surface area contributed by atoms with Gasteiger partial charge in [0.2, 0.25) is 12.5 Å². The van der Waals surface area contributed by atoms with Gasteiger partial charge in [-0.05, 0) is 31.5 Å². The van der Waals surface area contributed by atoms with E-state index in [0.717, 1.165) is 36.8 Å². The average molecular weight is 249 g/mol. The monoisotopic (exact) mass is 249 g/mol. The van der Waals surface area contributed by atoms with Crippen molar-refractivity contribution in [2.45, 2.75) is 26.3 Å². The van der Waals surface area contributed by atoms with Crippen molar-refractivity contribution in [3.63, 3.8) is 0 Å². The summed E-state index contributed by atoms with van der Waals surface area (Å²) < 4.78 is 16.6. The van der Waals surface area contributed by atoms with Crippen molar-refractivity contribution in [1.29, 1.82) is 0 Å². The van der Waals surface area contributed by atoms with Crippen LogP contribution in [-0.2, 0) is 6.42 Å². The third-order valence-electron chi connectivity index (χ3n) is 3.99. The molecular weight excluding hydrogens is 230 g/mol. The zero-order chi connectivity index (χ0) is 12.7. The highest BCUT2D eigenvalue weighted by atomic mass is 16.7. The maximum absolute atomic E-state index is 5.67. The number of hydrogen-bond acceptors (Lipinski definition) is 4. The van der Waals surface area contributed by atoms with Gasteiger partial charge >= 0.3 is 0 Å². The van der Waals surface area contributed by atoms with Gasteiger partial charge in [0.15, 0.2) is 11.5 Å². The van der Waals surface area contributed by atoms with E-state index in [1.54, 1.807) is 7.11 Å². The van der Waals surface area contributed by atoms with E-state index in [0.29, 0.717) is 12.8 Å². The molecule has 1 aromatic carbocycles. The van der Waals surface area contributed by atoms with Crippen LogP contribution in [0.25, 0.3) is 0 Å². The van der Waals surface area contributed by atoms with E-state index in [9.17, 15) is 0 Å². The van der Waals surface area contributed by atoms with Crippen LogP contribution >= 0.6 is 0 Å². The second-order valence-corrected chi connectivity index (χ2v) is 4.77. The first-order chi connectivity index (χ1) is 8.76. The summed E-state index contributed by atoms with van der Waals surface area (Å²) in [6.07, 6.45) is 1.04. The molecule has 0 radical (unpaired) electrons. The molecule has 0 fully saturated rings. The van der Waals surface area contributed by atoms with Crippen LogP contribution in [0.4, 0.5) is 0 Å². The van der Waals surface area contributed by atoms with E-state index in [-0.39, 0.29) is 0 Å². The van der Waals surface area contributed by atoms with Gasteiger partial charge in [-0.2, -0.15) is 0 Å². The fraction of sp³-hybridized carbons (Fsp3) is 0.571. The molecule has 4 nitrogen and oxygen atoms in total. The zero-order valence-corrected chi connectivity index (χ0v) is 11.2. The Hall–Kier alpha value is -1.42. The van der Waals surface area contributed by atoms with Crippen molar-refractivity contribution >= 4 is 0 Å². The highest BCUT2D eigenvalue weighted by Crippen LogP contribution is 2.49. The minimum atomic E-state index is 0.293. The third-order valence-corrected chi connectivity index (χ3v) is 3.99. The quantitative estimate of drug-likeness (QED) is 0.805. The van der Waals surface area contributed by atoms with Crippen LogP contribution in [0, 0.1) is 0 Å². The maximum Gasteiger partial charge on any atom is 0.231 e. The van der Waals surface area contributed by atoms with Gasteiger partial charge in [-0.25, -0.2) is 0 Å². The fourth-order valence-corrected chi connectivity index (χ4v) is 3.00. The number of likely N-dealkylation sites (N-methyl/N-ethyl adjacent to an activating group) is 1. The summed E-state index contributed by atoms with van der Waals surface area (Å²) in [5.41, 5.74) is 2.60. The first-order valence-electron chi connectivity index (χ1n) is 6.49. The lowest BCUT2D eigenvalue weighted by molar-refractivity contribution is 0.165.